The molecule has 1 fully saturated rings. The minimum absolute atomic E-state index is 0.166. The number of benzene rings is 1. The van der Waals surface area contributed by atoms with Gasteiger partial charge in [0.1, 0.15) is 6.10 Å². The number of para-hydroxylation sites is 1. The monoisotopic (exact) mass is 410 g/mol. The second-order valence-electron chi connectivity index (χ2n) is 7.32. The Hall–Kier alpha value is -2.67. The van der Waals surface area contributed by atoms with Gasteiger partial charge in [0, 0.05) is 31.8 Å². The summed E-state index contributed by atoms with van der Waals surface area (Å²) in [4.78, 5) is 21.0. The number of aromatic nitrogens is 2. The van der Waals surface area contributed by atoms with Crippen molar-refractivity contribution < 1.29 is 9.53 Å². The molecule has 0 atom stereocenters. The van der Waals surface area contributed by atoms with Crippen molar-refractivity contribution in [3.05, 3.63) is 53.2 Å². The molecule has 1 aromatic carbocycles. The van der Waals surface area contributed by atoms with Crippen molar-refractivity contribution in [1.29, 1.82) is 0 Å². The molecule has 1 aliphatic rings. The van der Waals surface area contributed by atoms with E-state index in [4.69, 9.17) is 4.74 Å². The first-order valence-electron chi connectivity index (χ1n) is 10.2. The molecule has 0 radical (unpaired) electrons. The number of nitrogens with zero attached hydrogens (tertiary/aromatic N) is 2. The van der Waals surface area contributed by atoms with Crippen molar-refractivity contribution in [2.24, 2.45) is 0 Å². The van der Waals surface area contributed by atoms with Crippen molar-refractivity contribution in [3.8, 4) is 5.88 Å². The Bertz CT molecular complexity index is 902. The van der Waals surface area contributed by atoms with E-state index in [1.807, 2.05) is 30.3 Å². The molecule has 2 amide bonds. The lowest BCUT2D eigenvalue weighted by Crippen LogP contribution is -2.35. The first-order valence-corrected chi connectivity index (χ1v) is 11.1. The summed E-state index contributed by atoms with van der Waals surface area (Å²) in [6.45, 7) is 1.06. The van der Waals surface area contributed by atoms with Crippen molar-refractivity contribution in [1.82, 2.24) is 20.6 Å². The molecule has 29 heavy (non-hydrogen) atoms. The Balaban J connectivity index is 1.13. The Morgan fingerprint density at radius 2 is 2.00 bits per heavy atom. The SMILES string of the molecule is O=C(NCCCc1nc2ccccc2s1)NCc1ccc(OC2CCCC2)nc1. The lowest BCUT2D eigenvalue weighted by Gasteiger charge is -2.12. The van der Waals surface area contributed by atoms with Gasteiger partial charge in [-0.05, 0) is 49.8 Å². The number of fused-ring (bicyclic) bond motifs is 1. The fourth-order valence-electron chi connectivity index (χ4n) is 3.48. The number of urea groups is 1. The molecule has 0 bridgehead atoms. The summed E-state index contributed by atoms with van der Waals surface area (Å²) in [5.74, 6) is 0.667. The van der Waals surface area contributed by atoms with Gasteiger partial charge in [-0.1, -0.05) is 18.2 Å². The van der Waals surface area contributed by atoms with E-state index in [-0.39, 0.29) is 6.03 Å². The van der Waals surface area contributed by atoms with Crippen LogP contribution in [0.2, 0.25) is 0 Å². The number of nitrogens with one attached hydrogen (secondary N) is 2. The number of hydrogen-bond donors (Lipinski definition) is 2. The van der Waals surface area contributed by atoms with Crippen LogP contribution in [0.3, 0.4) is 0 Å². The fraction of sp³-hybridized carbons (Fsp3) is 0.409. The number of carbonyl (C=O) groups excluding carboxylic acids is 1. The van der Waals surface area contributed by atoms with E-state index in [2.05, 4.69) is 26.7 Å². The normalized spacial score (nSPS) is 14.2. The van der Waals surface area contributed by atoms with Crippen LogP contribution in [0.25, 0.3) is 10.2 Å². The van der Waals surface area contributed by atoms with Crippen LogP contribution in [-0.4, -0.2) is 28.6 Å². The second-order valence-corrected chi connectivity index (χ2v) is 8.43. The molecule has 1 saturated carbocycles. The maximum Gasteiger partial charge on any atom is 0.315 e. The highest BCUT2D eigenvalue weighted by atomic mass is 32.1. The number of aryl methyl sites for hydroxylation is 1. The molecule has 152 valence electrons. The molecule has 0 spiro atoms. The standard InChI is InChI=1S/C22H26N4O2S/c27-22(23-13-5-10-21-26-18-8-3-4-9-19(18)29-21)25-15-16-11-12-20(24-14-16)28-17-6-1-2-7-17/h3-4,8-9,11-12,14,17H,1-2,5-7,10,13,15H2,(H2,23,25,27). The smallest absolute Gasteiger partial charge is 0.315 e. The molecule has 3 aromatic rings. The van der Waals surface area contributed by atoms with Gasteiger partial charge in [0.15, 0.2) is 0 Å². The third kappa shape index (κ3) is 5.67. The highest BCUT2D eigenvalue weighted by Crippen LogP contribution is 2.23. The van der Waals surface area contributed by atoms with E-state index in [0.29, 0.717) is 25.1 Å². The van der Waals surface area contributed by atoms with Gasteiger partial charge >= 0.3 is 6.03 Å². The van der Waals surface area contributed by atoms with Crippen molar-refractivity contribution in [2.75, 3.05) is 6.54 Å². The fourth-order valence-corrected chi connectivity index (χ4v) is 4.48. The number of pyridine rings is 1. The van der Waals surface area contributed by atoms with Crippen LogP contribution in [0, 0.1) is 0 Å². The summed E-state index contributed by atoms with van der Waals surface area (Å²) >= 11 is 1.72. The number of rotatable bonds is 8. The Labute approximate surface area is 174 Å². The number of hydrogen-bond acceptors (Lipinski definition) is 5. The van der Waals surface area contributed by atoms with Gasteiger partial charge in [0.05, 0.1) is 15.2 Å². The van der Waals surface area contributed by atoms with Gasteiger partial charge in [-0.2, -0.15) is 0 Å². The van der Waals surface area contributed by atoms with Crippen LogP contribution in [0.1, 0.15) is 42.7 Å². The molecular formula is C22H26N4O2S. The third-order valence-corrected chi connectivity index (χ3v) is 6.13. The largest absolute Gasteiger partial charge is 0.474 e. The van der Waals surface area contributed by atoms with Gasteiger partial charge in [-0.15, -0.1) is 11.3 Å². The van der Waals surface area contributed by atoms with Crippen LogP contribution in [0.4, 0.5) is 4.79 Å². The van der Waals surface area contributed by atoms with E-state index in [0.717, 1.165) is 41.8 Å². The quantitative estimate of drug-likeness (QED) is 0.538. The lowest BCUT2D eigenvalue weighted by atomic mass is 10.3. The summed E-state index contributed by atoms with van der Waals surface area (Å²) < 4.78 is 7.07. The predicted molar refractivity (Wildman–Crippen MR) is 115 cm³/mol. The Morgan fingerprint density at radius 1 is 1.14 bits per heavy atom. The minimum Gasteiger partial charge on any atom is -0.474 e. The Morgan fingerprint density at radius 3 is 2.79 bits per heavy atom. The van der Waals surface area contributed by atoms with Gasteiger partial charge in [-0.25, -0.2) is 14.8 Å². The average Bonchev–Trinajstić information content (AvgIpc) is 3.40. The van der Waals surface area contributed by atoms with Crippen LogP contribution in [0.5, 0.6) is 5.88 Å². The van der Waals surface area contributed by atoms with Crippen molar-refractivity contribution in [3.63, 3.8) is 0 Å². The molecule has 7 heteroatoms. The summed E-state index contributed by atoms with van der Waals surface area (Å²) in [6, 6.07) is 11.8. The molecule has 2 aromatic heterocycles. The van der Waals surface area contributed by atoms with Crippen molar-refractivity contribution in [2.45, 2.75) is 51.2 Å². The molecule has 4 rings (SSSR count). The molecule has 2 N–H and O–H groups in total. The molecule has 6 nitrogen and oxygen atoms in total. The van der Waals surface area contributed by atoms with Crippen LogP contribution >= 0.6 is 11.3 Å². The van der Waals surface area contributed by atoms with Gasteiger partial charge in [0.25, 0.3) is 0 Å². The lowest BCUT2D eigenvalue weighted by molar-refractivity contribution is 0.201. The number of thiazole rings is 1. The zero-order chi connectivity index (χ0) is 19.9. The van der Waals surface area contributed by atoms with Gasteiger partial charge < -0.3 is 15.4 Å². The molecule has 2 heterocycles. The maximum absolute atomic E-state index is 12.0. The average molecular weight is 411 g/mol. The minimum atomic E-state index is -0.166. The topological polar surface area (TPSA) is 76.1 Å². The second kappa shape index (κ2) is 9.69. The van der Waals surface area contributed by atoms with Crippen LogP contribution in [-0.2, 0) is 13.0 Å². The summed E-state index contributed by atoms with van der Waals surface area (Å²) in [5, 5.41) is 6.88. The van der Waals surface area contributed by atoms with Gasteiger partial charge in [-0.3, -0.25) is 0 Å². The zero-order valence-corrected chi connectivity index (χ0v) is 17.2. The third-order valence-electron chi connectivity index (χ3n) is 5.03. The Kier molecular flexibility index (Phi) is 6.56. The van der Waals surface area contributed by atoms with Crippen molar-refractivity contribution >= 4 is 27.6 Å². The highest BCUT2D eigenvalue weighted by molar-refractivity contribution is 7.18. The van der Waals surface area contributed by atoms with Crippen LogP contribution < -0.4 is 15.4 Å². The number of amides is 2. The molecule has 0 aliphatic heterocycles. The highest BCUT2D eigenvalue weighted by Gasteiger charge is 2.16. The number of ether oxygens (including phenoxy) is 1. The van der Waals surface area contributed by atoms with Crippen LogP contribution in [0.15, 0.2) is 42.6 Å². The summed E-state index contributed by atoms with van der Waals surface area (Å²) in [6.07, 6.45) is 8.50. The summed E-state index contributed by atoms with van der Waals surface area (Å²) in [7, 11) is 0. The molecule has 0 saturated heterocycles. The first kappa shape index (κ1) is 19.6. The molecule has 0 unspecified atom stereocenters. The van der Waals surface area contributed by atoms with E-state index in [9.17, 15) is 4.79 Å². The predicted octanol–water partition coefficient (Wildman–Crippen LogP) is 4.44. The molecular weight excluding hydrogens is 384 g/mol. The van der Waals surface area contributed by atoms with E-state index < -0.39 is 0 Å². The molecule has 1 aliphatic carbocycles. The zero-order valence-electron chi connectivity index (χ0n) is 16.4. The van der Waals surface area contributed by atoms with E-state index >= 15 is 0 Å². The maximum atomic E-state index is 12.0. The summed E-state index contributed by atoms with van der Waals surface area (Å²) in [5.41, 5.74) is 2.00. The van der Waals surface area contributed by atoms with E-state index in [1.54, 1.807) is 17.5 Å². The number of carbonyl (C=O) groups is 1. The first-order chi connectivity index (χ1) is 14.3. The van der Waals surface area contributed by atoms with Gasteiger partial charge in [0.2, 0.25) is 5.88 Å². The van der Waals surface area contributed by atoms with E-state index in [1.165, 1.54) is 17.5 Å².